The van der Waals surface area contributed by atoms with Gasteiger partial charge in [-0.25, -0.2) is 4.98 Å². The summed E-state index contributed by atoms with van der Waals surface area (Å²) in [4.78, 5) is 7.90. The van der Waals surface area contributed by atoms with Crippen LogP contribution in [0.4, 0.5) is 5.82 Å². The second kappa shape index (κ2) is 3.85. The molecule has 1 fully saturated rings. The van der Waals surface area contributed by atoms with Crippen LogP contribution in [0.15, 0.2) is 6.20 Å². The van der Waals surface area contributed by atoms with Crippen LogP contribution in [-0.4, -0.2) is 16.0 Å². The number of anilines is 1. The number of aromatic nitrogens is 2. The molecule has 0 bridgehead atoms. The summed E-state index contributed by atoms with van der Waals surface area (Å²) in [6.45, 7) is 0. The third kappa shape index (κ3) is 1.80. The van der Waals surface area contributed by atoms with Crippen LogP contribution in [0.25, 0.3) is 0 Å². The van der Waals surface area contributed by atoms with E-state index >= 15 is 0 Å². The van der Waals surface area contributed by atoms with E-state index in [0.717, 1.165) is 0 Å². The zero-order valence-corrected chi connectivity index (χ0v) is 8.38. The van der Waals surface area contributed by atoms with Gasteiger partial charge < -0.3 is 5.32 Å². The molecule has 4 heteroatoms. The molecule has 0 saturated heterocycles. The predicted molar refractivity (Wildman–Crippen MR) is 56.2 cm³/mol. The first kappa shape index (κ1) is 9.29. The number of hydrogen-bond donors (Lipinski definition) is 1. The van der Waals surface area contributed by atoms with Crippen LogP contribution in [0.3, 0.4) is 0 Å². The molecule has 1 aromatic heterocycles. The largest absolute Gasteiger partial charge is 0.366 e. The molecule has 0 spiro atoms. The summed E-state index contributed by atoms with van der Waals surface area (Å²) < 4.78 is 0. The average molecular weight is 208 g/mol. The SMILES string of the molecule is C#Cc1cnc(Cl)nc1NC1CCC1. The first-order valence-electron chi connectivity index (χ1n) is 4.55. The molecule has 14 heavy (non-hydrogen) atoms. The van der Waals surface area contributed by atoms with Crippen LogP contribution in [0.1, 0.15) is 24.8 Å². The molecular formula is C10H10ClN3. The van der Waals surface area contributed by atoms with Gasteiger partial charge in [-0.3, -0.25) is 0 Å². The lowest BCUT2D eigenvalue weighted by Gasteiger charge is -2.27. The molecule has 0 aromatic carbocycles. The minimum atomic E-state index is 0.228. The van der Waals surface area contributed by atoms with E-state index in [-0.39, 0.29) is 5.28 Å². The van der Waals surface area contributed by atoms with Crippen LogP contribution in [0.2, 0.25) is 5.28 Å². The zero-order chi connectivity index (χ0) is 9.97. The summed E-state index contributed by atoms with van der Waals surface area (Å²) in [5, 5.41) is 3.49. The predicted octanol–water partition coefficient (Wildman–Crippen LogP) is 2.08. The summed E-state index contributed by atoms with van der Waals surface area (Å²) >= 11 is 5.69. The smallest absolute Gasteiger partial charge is 0.224 e. The van der Waals surface area contributed by atoms with Gasteiger partial charge in [-0.05, 0) is 30.9 Å². The molecule has 2 rings (SSSR count). The maximum absolute atomic E-state index is 5.69. The molecule has 0 aliphatic heterocycles. The maximum atomic E-state index is 5.69. The van der Waals surface area contributed by atoms with Crippen LogP contribution in [-0.2, 0) is 0 Å². The molecule has 0 unspecified atom stereocenters. The van der Waals surface area contributed by atoms with Crippen LogP contribution < -0.4 is 5.32 Å². The molecule has 3 nitrogen and oxygen atoms in total. The molecule has 0 radical (unpaired) electrons. The van der Waals surface area contributed by atoms with Crippen molar-refractivity contribution in [1.29, 1.82) is 0 Å². The molecule has 0 amide bonds. The van der Waals surface area contributed by atoms with Crippen LogP contribution >= 0.6 is 11.6 Å². The van der Waals surface area contributed by atoms with Crippen molar-refractivity contribution >= 4 is 17.4 Å². The fourth-order valence-corrected chi connectivity index (χ4v) is 1.46. The van der Waals surface area contributed by atoms with Crippen molar-refractivity contribution in [3.63, 3.8) is 0 Å². The van der Waals surface area contributed by atoms with Gasteiger partial charge in [0.05, 0.1) is 5.56 Å². The molecule has 1 saturated carbocycles. The lowest BCUT2D eigenvalue weighted by molar-refractivity contribution is 0.444. The standard InChI is InChI=1S/C10H10ClN3/c1-2-7-6-12-10(11)14-9(7)13-8-4-3-5-8/h1,6,8H,3-5H2,(H,12,13,14). The van der Waals surface area contributed by atoms with Gasteiger partial charge >= 0.3 is 0 Å². The van der Waals surface area contributed by atoms with E-state index in [1.165, 1.54) is 19.3 Å². The molecule has 1 N–H and O–H groups in total. The Labute approximate surface area is 87.9 Å². The Morgan fingerprint density at radius 3 is 2.93 bits per heavy atom. The fraction of sp³-hybridized carbons (Fsp3) is 0.400. The average Bonchev–Trinajstić information content (AvgIpc) is 2.12. The van der Waals surface area contributed by atoms with Gasteiger partial charge in [0.15, 0.2) is 0 Å². The van der Waals surface area contributed by atoms with E-state index in [9.17, 15) is 0 Å². The highest BCUT2D eigenvalue weighted by atomic mass is 35.5. The Kier molecular flexibility index (Phi) is 2.55. The van der Waals surface area contributed by atoms with Crippen LogP contribution in [0.5, 0.6) is 0 Å². The van der Waals surface area contributed by atoms with E-state index in [1.807, 2.05) is 0 Å². The highest BCUT2D eigenvalue weighted by molar-refractivity contribution is 6.28. The van der Waals surface area contributed by atoms with Gasteiger partial charge in [-0.2, -0.15) is 4.98 Å². The zero-order valence-electron chi connectivity index (χ0n) is 7.63. The van der Waals surface area contributed by atoms with E-state index in [2.05, 4.69) is 21.2 Å². The third-order valence-electron chi connectivity index (χ3n) is 2.36. The normalized spacial score (nSPS) is 15.7. The molecule has 1 aromatic rings. The van der Waals surface area contributed by atoms with E-state index in [1.54, 1.807) is 6.20 Å². The van der Waals surface area contributed by atoms with Gasteiger partial charge in [-0.15, -0.1) is 6.42 Å². The minimum absolute atomic E-state index is 0.228. The lowest BCUT2D eigenvalue weighted by Crippen LogP contribution is -2.28. The topological polar surface area (TPSA) is 37.8 Å². The Morgan fingerprint density at radius 2 is 2.36 bits per heavy atom. The monoisotopic (exact) mass is 207 g/mol. The number of terminal acetylenes is 1. The van der Waals surface area contributed by atoms with Crippen molar-refractivity contribution in [1.82, 2.24) is 9.97 Å². The first-order chi connectivity index (χ1) is 6.79. The highest BCUT2D eigenvalue weighted by Gasteiger charge is 2.18. The van der Waals surface area contributed by atoms with Gasteiger partial charge in [0.25, 0.3) is 0 Å². The number of nitrogens with zero attached hydrogens (tertiary/aromatic N) is 2. The number of halogens is 1. The van der Waals surface area contributed by atoms with Gasteiger partial charge in [-0.1, -0.05) is 5.92 Å². The first-order valence-corrected chi connectivity index (χ1v) is 4.93. The second-order valence-electron chi connectivity index (χ2n) is 3.32. The molecule has 1 aliphatic rings. The van der Waals surface area contributed by atoms with Gasteiger partial charge in [0.2, 0.25) is 5.28 Å². The van der Waals surface area contributed by atoms with E-state index < -0.39 is 0 Å². The molecular weight excluding hydrogens is 198 g/mol. The van der Waals surface area contributed by atoms with Crippen molar-refractivity contribution in [3.8, 4) is 12.3 Å². The van der Waals surface area contributed by atoms with Crippen molar-refractivity contribution in [2.75, 3.05) is 5.32 Å². The van der Waals surface area contributed by atoms with Gasteiger partial charge in [0, 0.05) is 12.2 Å². The van der Waals surface area contributed by atoms with Crippen molar-refractivity contribution < 1.29 is 0 Å². The number of nitrogens with one attached hydrogen (secondary N) is 1. The Morgan fingerprint density at radius 1 is 1.57 bits per heavy atom. The van der Waals surface area contributed by atoms with Crippen molar-refractivity contribution in [2.45, 2.75) is 25.3 Å². The molecule has 0 atom stereocenters. The van der Waals surface area contributed by atoms with Crippen molar-refractivity contribution in [3.05, 3.63) is 17.0 Å². The fourth-order valence-electron chi connectivity index (χ4n) is 1.32. The number of rotatable bonds is 2. The summed E-state index contributed by atoms with van der Waals surface area (Å²) in [6.07, 6.45) is 10.5. The highest BCUT2D eigenvalue weighted by Crippen LogP contribution is 2.24. The molecule has 72 valence electrons. The van der Waals surface area contributed by atoms with Crippen molar-refractivity contribution in [2.24, 2.45) is 0 Å². The Balaban J connectivity index is 2.21. The third-order valence-corrected chi connectivity index (χ3v) is 2.54. The Bertz CT molecular complexity index is 379. The maximum Gasteiger partial charge on any atom is 0.224 e. The molecule has 1 heterocycles. The summed E-state index contributed by atoms with van der Waals surface area (Å²) in [5.74, 6) is 3.21. The quantitative estimate of drug-likeness (QED) is 0.596. The van der Waals surface area contributed by atoms with E-state index in [0.29, 0.717) is 17.4 Å². The summed E-state index contributed by atoms with van der Waals surface area (Å²) in [7, 11) is 0. The lowest BCUT2D eigenvalue weighted by atomic mass is 9.93. The van der Waals surface area contributed by atoms with E-state index in [4.69, 9.17) is 18.0 Å². The number of hydrogen-bond acceptors (Lipinski definition) is 3. The minimum Gasteiger partial charge on any atom is -0.366 e. The molecule has 1 aliphatic carbocycles. The summed E-state index contributed by atoms with van der Waals surface area (Å²) in [6, 6.07) is 0.494. The second-order valence-corrected chi connectivity index (χ2v) is 3.66. The van der Waals surface area contributed by atoms with Gasteiger partial charge in [0.1, 0.15) is 5.82 Å². The van der Waals surface area contributed by atoms with Crippen LogP contribution in [0, 0.1) is 12.3 Å². The summed E-state index contributed by atoms with van der Waals surface area (Å²) in [5.41, 5.74) is 0.668. The Hall–Kier alpha value is -1.27.